The van der Waals surface area contributed by atoms with Crippen molar-refractivity contribution in [1.82, 2.24) is 0 Å². The van der Waals surface area contributed by atoms with E-state index in [4.69, 9.17) is 5.26 Å². The fourth-order valence-electron chi connectivity index (χ4n) is 3.42. The minimum Gasteiger partial charge on any atom is -0.460 e. The molecule has 4 unspecified atom stereocenters. The van der Waals surface area contributed by atoms with Crippen LogP contribution in [-0.4, -0.2) is 34.8 Å². The van der Waals surface area contributed by atoms with E-state index in [-0.39, 0.29) is 25.0 Å². The van der Waals surface area contributed by atoms with Crippen molar-refractivity contribution >= 4 is 18.0 Å². The lowest BCUT2D eigenvalue weighted by atomic mass is 9.80. The molecule has 6 nitrogen and oxygen atoms in total. The summed E-state index contributed by atoms with van der Waals surface area (Å²) in [4.78, 5) is 11.3. The number of esters is 1. The summed E-state index contributed by atoms with van der Waals surface area (Å²) < 4.78 is 34.5. The first-order chi connectivity index (χ1) is 9.49. The molecule has 9 heteroatoms. The highest BCUT2D eigenvalue weighted by Crippen LogP contribution is 2.52. The predicted octanol–water partition coefficient (Wildman–Crippen LogP) is 1.85. The molecular weight excluding hydrogens is 298 g/mol. The highest BCUT2D eigenvalue weighted by Gasteiger charge is 2.49. The van der Waals surface area contributed by atoms with E-state index in [9.17, 15) is 18.7 Å². The highest BCUT2D eigenvalue weighted by molar-refractivity contribution is 7.96. The van der Waals surface area contributed by atoms with Crippen molar-refractivity contribution in [3.63, 3.8) is 0 Å². The van der Waals surface area contributed by atoms with Crippen molar-refractivity contribution in [3.05, 3.63) is 0 Å². The minimum atomic E-state index is -3.96. The Kier molecular flexibility index (Phi) is 5.19. The summed E-state index contributed by atoms with van der Waals surface area (Å²) in [5, 5.41) is 16.2. The van der Waals surface area contributed by atoms with Gasteiger partial charge in [0, 0.05) is 12.5 Å². The number of alkyl halides is 2. The first-order valence-electron chi connectivity index (χ1n) is 6.31. The number of aliphatic hydroxyl groups is 1. The Morgan fingerprint density at radius 1 is 1.30 bits per heavy atom. The van der Waals surface area contributed by atoms with Gasteiger partial charge < -0.3 is 9.84 Å². The van der Waals surface area contributed by atoms with Gasteiger partial charge in [0.25, 0.3) is 0 Å². The van der Waals surface area contributed by atoms with Gasteiger partial charge in [0.2, 0.25) is 0 Å². The van der Waals surface area contributed by atoms with Gasteiger partial charge in [-0.15, -0.1) is 4.33 Å². The Morgan fingerprint density at radius 3 is 2.55 bits per heavy atom. The molecule has 2 N–H and O–H groups in total. The van der Waals surface area contributed by atoms with E-state index in [1.165, 1.54) is 0 Å². The lowest BCUT2D eigenvalue weighted by molar-refractivity contribution is -0.433. The predicted molar refractivity (Wildman–Crippen MR) is 63.2 cm³/mol. The number of fused-ring (bicyclic) bond motifs is 2. The maximum absolute atomic E-state index is 13.2. The molecule has 0 heterocycles. The second-order valence-corrected chi connectivity index (χ2v) is 6.00. The molecule has 2 bridgehead atoms. The Bertz CT molecular complexity index is 356. The normalized spacial score (nSPS) is 32.6. The molecule has 0 aromatic carbocycles. The third-order valence-corrected chi connectivity index (χ3v) is 4.80. The second-order valence-electron chi connectivity index (χ2n) is 5.18. The minimum absolute atomic E-state index is 0.0138. The molecule has 0 radical (unpaired) electrons. The van der Waals surface area contributed by atoms with Crippen molar-refractivity contribution in [2.24, 2.45) is 23.7 Å². The molecule has 4 atom stereocenters. The lowest BCUT2D eigenvalue weighted by Gasteiger charge is -2.29. The number of carbonyl (C=O) groups excluding carboxylic acids is 1. The van der Waals surface area contributed by atoms with Gasteiger partial charge in [-0.25, -0.2) is 10.1 Å². The maximum Gasteiger partial charge on any atom is 0.415 e. The zero-order chi connectivity index (χ0) is 14.8. The number of rotatable bonds is 7. The Labute approximate surface area is 118 Å². The Balaban J connectivity index is 1.84. The number of hydrogen-bond donors (Lipinski definition) is 2. The third-order valence-electron chi connectivity index (χ3n) is 4.30. The molecule has 2 saturated carbocycles. The van der Waals surface area contributed by atoms with Crippen LogP contribution in [0.25, 0.3) is 0 Å². The van der Waals surface area contributed by atoms with Crippen LogP contribution in [-0.2, 0) is 18.9 Å². The molecule has 0 aromatic rings. The van der Waals surface area contributed by atoms with Crippen LogP contribution in [0.2, 0.25) is 0 Å². The highest BCUT2D eigenvalue weighted by atomic mass is 32.2. The van der Waals surface area contributed by atoms with E-state index >= 15 is 0 Å². The second kappa shape index (κ2) is 6.52. The number of ether oxygens (including phenoxy) is 1. The van der Waals surface area contributed by atoms with Crippen LogP contribution in [0, 0.1) is 23.7 Å². The number of carbonyl (C=O) groups is 1. The maximum atomic E-state index is 13.2. The van der Waals surface area contributed by atoms with Gasteiger partial charge in [0.1, 0.15) is 12.0 Å². The average Bonchev–Trinajstić information content (AvgIpc) is 3.02. The van der Waals surface area contributed by atoms with Crippen LogP contribution >= 0.6 is 12.0 Å². The van der Waals surface area contributed by atoms with E-state index in [2.05, 4.69) is 14.1 Å². The topological polar surface area (TPSA) is 85.2 Å². The van der Waals surface area contributed by atoms with Crippen LogP contribution in [0.1, 0.15) is 19.3 Å². The van der Waals surface area contributed by atoms with Gasteiger partial charge in [-0.3, -0.25) is 0 Å². The summed E-state index contributed by atoms with van der Waals surface area (Å²) in [7, 11) is 0. The zero-order valence-electron chi connectivity index (χ0n) is 10.5. The largest absolute Gasteiger partial charge is 0.460 e. The summed E-state index contributed by atoms with van der Waals surface area (Å²) in [6.07, 6.45) is 2.98. The molecule has 2 fully saturated rings. The van der Waals surface area contributed by atoms with Gasteiger partial charge >= 0.3 is 11.2 Å². The molecular formula is C11H16F2O6S. The molecule has 2 aliphatic carbocycles. The third kappa shape index (κ3) is 3.22. The zero-order valence-corrected chi connectivity index (χ0v) is 11.4. The fourth-order valence-corrected chi connectivity index (χ4v) is 3.66. The Hall–Kier alpha value is -0.480. The number of halogens is 2. The van der Waals surface area contributed by atoms with Crippen LogP contribution in [0.5, 0.6) is 0 Å². The summed E-state index contributed by atoms with van der Waals surface area (Å²) >= 11 is -0.638. The van der Waals surface area contributed by atoms with E-state index in [1.54, 1.807) is 0 Å². The van der Waals surface area contributed by atoms with Gasteiger partial charge in [-0.05, 0) is 37.0 Å². The van der Waals surface area contributed by atoms with Crippen LogP contribution in [0.4, 0.5) is 8.78 Å². The van der Waals surface area contributed by atoms with E-state index in [1.807, 2.05) is 0 Å². The van der Waals surface area contributed by atoms with Gasteiger partial charge in [0.15, 0.2) is 0 Å². The van der Waals surface area contributed by atoms with Gasteiger partial charge in [0.05, 0.1) is 6.61 Å². The SMILES string of the molecule is O=C(OCC1C2CCC(C2)C1CO)C(F)(F)SOOO. The lowest BCUT2D eigenvalue weighted by Crippen LogP contribution is -2.34. The first kappa shape index (κ1) is 15.9. The number of aliphatic hydroxyl groups excluding tert-OH is 1. The van der Waals surface area contributed by atoms with Crippen LogP contribution < -0.4 is 0 Å². The summed E-state index contributed by atoms with van der Waals surface area (Å²) in [5.41, 5.74) is 0. The Morgan fingerprint density at radius 2 is 1.95 bits per heavy atom. The van der Waals surface area contributed by atoms with Crippen molar-refractivity contribution < 1.29 is 38.0 Å². The van der Waals surface area contributed by atoms with Crippen LogP contribution in [0.15, 0.2) is 0 Å². The van der Waals surface area contributed by atoms with E-state index < -0.39 is 23.3 Å². The standard InChI is InChI=1S/C11H16F2O6S/c12-11(13,20-19-18-16)10(15)17-5-9-7-2-1-6(3-7)8(9)4-14/h6-9,14,16H,1-5H2. The molecule has 0 aromatic heterocycles. The van der Waals surface area contributed by atoms with Crippen molar-refractivity contribution in [2.75, 3.05) is 13.2 Å². The average molecular weight is 314 g/mol. The number of hydrogen-bond acceptors (Lipinski definition) is 7. The van der Waals surface area contributed by atoms with Crippen molar-refractivity contribution in [3.8, 4) is 0 Å². The van der Waals surface area contributed by atoms with E-state index in [0.717, 1.165) is 19.3 Å². The molecule has 20 heavy (non-hydrogen) atoms. The summed E-state index contributed by atoms with van der Waals surface area (Å²) in [6.45, 7) is -0.155. The molecule has 0 saturated heterocycles. The van der Waals surface area contributed by atoms with E-state index in [0.29, 0.717) is 11.8 Å². The van der Waals surface area contributed by atoms with Gasteiger partial charge in [-0.2, -0.15) is 8.78 Å². The summed E-state index contributed by atoms with van der Waals surface area (Å²) in [5.74, 6) is -1.09. The smallest absolute Gasteiger partial charge is 0.415 e. The quantitative estimate of drug-likeness (QED) is 0.321. The molecule has 0 aliphatic heterocycles. The molecule has 116 valence electrons. The summed E-state index contributed by atoms with van der Waals surface area (Å²) in [6, 6.07) is 0. The molecule has 2 aliphatic rings. The molecule has 0 spiro atoms. The fraction of sp³-hybridized carbons (Fsp3) is 0.909. The molecule has 2 rings (SSSR count). The first-order valence-corrected chi connectivity index (χ1v) is 7.05. The van der Waals surface area contributed by atoms with Crippen LogP contribution in [0.3, 0.4) is 0 Å². The van der Waals surface area contributed by atoms with Gasteiger partial charge in [-0.1, -0.05) is 5.04 Å². The van der Waals surface area contributed by atoms with Crippen molar-refractivity contribution in [2.45, 2.75) is 24.5 Å². The monoisotopic (exact) mass is 314 g/mol. The molecule has 0 amide bonds. The van der Waals surface area contributed by atoms with Crippen molar-refractivity contribution in [1.29, 1.82) is 0 Å².